The fourth-order valence-electron chi connectivity index (χ4n) is 2.18. The maximum absolute atomic E-state index is 12.7. The van der Waals surface area contributed by atoms with Crippen LogP contribution in [0.15, 0.2) is 58.9 Å². The Bertz CT molecular complexity index is 1020. The van der Waals surface area contributed by atoms with Crippen LogP contribution in [0, 0.1) is 0 Å². The summed E-state index contributed by atoms with van der Waals surface area (Å²) in [6.45, 7) is 0. The Hall–Kier alpha value is -2.36. The minimum atomic E-state index is -4.43. The van der Waals surface area contributed by atoms with Crippen LogP contribution < -0.4 is 5.32 Å². The van der Waals surface area contributed by atoms with Crippen molar-refractivity contribution in [3.8, 4) is 0 Å². The molecule has 1 heterocycles. The first-order chi connectivity index (χ1) is 13.8. The molecule has 0 bridgehead atoms. The van der Waals surface area contributed by atoms with Gasteiger partial charge in [-0.15, -0.1) is 10.2 Å². The molecule has 3 aromatic rings. The average molecular weight is 456 g/mol. The number of carbonyl (C=O) groups is 1. The van der Waals surface area contributed by atoms with Gasteiger partial charge in [0, 0.05) is 16.9 Å². The van der Waals surface area contributed by atoms with Crippen LogP contribution in [0.3, 0.4) is 0 Å². The molecular formula is C19H13ClF3N3OS2. The number of halogens is 4. The smallest absolute Gasteiger partial charge is 0.297 e. The molecule has 0 atom stereocenters. The molecule has 150 valence electrons. The van der Waals surface area contributed by atoms with Gasteiger partial charge in [-0.2, -0.15) is 13.2 Å². The van der Waals surface area contributed by atoms with Crippen LogP contribution in [0.2, 0.25) is 5.02 Å². The van der Waals surface area contributed by atoms with Crippen molar-refractivity contribution >= 4 is 51.8 Å². The molecule has 0 aliphatic carbocycles. The molecule has 0 fully saturated rings. The van der Waals surface area contributed by atoms with E-state index < -0.39 is 17.6 Å². The van der Waals surface area contributed by atoms with Crippen molar-refractivity contribution in [2.45, 2.75) is 16.3 Å². The second-order valence-corrected chi connectivity index (χ2v) is 8.37. The number of thioether (sulfide) groups is 1. The van der Waals surface area contributed by atoms with Gasteiger partial charge in [0.1, 0.15) is 0 Å². The molecule has 3 rings (SSSR count). The number of nitrogens with zero attached hydrogens (tertiary/aromatic N) is 2. The van der Waals surface area contributed by atoms with E-state index >= 15 is 0 Å². The van der Waals surface area contributed by atoms with Crippen LogP contribution in [-0.2, 0) is 16.7 Å². The molecule has 0 unspecified atom stereocenters. The molecule has 10 heteroatoms. The van der Waals surface area contributed by atoms with Gasteiger partial charge >= 0.3 is 6.18 Å². The maximum Gasteiger partial charge on any atom is 0.416 e. The lowest BCUT2D eigenvalue weighted by Crippen LogP contribution is -2.07. The van der Waals surface area contributed by atoms with Crippen molar-refractivity contribution in [3.63, 3.8) is 0 Å². The molecule has 29 heavy (non-hydrogen) atoms. The zero-order valence-electron chi connectivity index (χ0n) is 14.6. The Morgan fingerprint density at radius 3 is 2.66 bits per heavy atom. The third-order valence-electron chi connectivity index (χ3n) is 3.55. The van der Waals surface area contributed by atoms with Crippen LogP contribution in [0.4, 0.5) is 18.3 Å². The van der Waals surface area contributed by atoms with Gasteiger partial charge < -0.3 is 0 Å². The first-order valence-corrected chi connectivity index (χ1v) is 10.3. The highest BCUT2D eigenvalue weighted by Gasteiger charge is 2.30. The minimum absolute atomic E-state index is 0.270. The number of alkyl halides is 3. The summed E-state index contributed by atoms with van der Waals surface area (Å²) < 4.78 is 38.8. The topological polar surface area (TPSA) is 54.9 Å². The van der Waals surface area contributed by atoms with Crippen molar-refractivity contribution in [2.24, 2.45) is 0 Å². The predicted molar refractivity (Wildman–Crippen MR) is 110 cm³/mol. The van der Waals surface area contributed by atoms with Crippen LogP contribution in [0.25, 0.3) is 6.08 Å². The van der Waals surface area contributed by atoms with Gasteiger partial charge in [0.25, 0.3) is 0 Å². The summed E-state index contributed by atoms with van der Waals surface area (Å²) in [7, 11) is 0. The number of anilines is 1. The van der Waals surface area contributed by atoms with E-state index in [-0.39, 0.29) is 5.56 Å². The monoisotopic (exact) mass is 455 g/mol. The predicted octanol–water partition coefficient (Wildman–Crippen LogP) is 6.15. The summed E-state index contributed by atoms with van der Waals surface area (Å²) in [6.07, 6.45) is -1.97. The molecule has 0 aliphatic rings. The second kappa shape index (κ2) is 9.43. The SMILES string of the molecule is O=C(/C=C/c1cccc(C(F)(F)F)c1)Nc1nnc(SCc2ccc(Cl)cc2)s1. The number of nitrogens with one attached hydrogen (secondary N) is 1. The third kappa shape index (κ3) is 6.59. The van der Waals surface area contributed by atoms with E-state index in [0.717, 1.165) is 23.8 Å². The largest absolute Gasteiger partial charge is 0.416 e. The van der Waals surface area contributed by atoms with E-state index in [1.165, 1.54) is 41.3 Å². The molecule has 1 N–H and O–H groups in total. The molecular weight excluding hydrogens is 443 g/mol. The highest BCUT2D eigenvalue weighted by atomic mass is 35.5. The van der Waals surface area contributed by atoms with Crippen molar-refractivity contribution in [1.82, 2.24) is 10.2 Å². The summed E-state index contributed by atoms with van der Waals surface area (Å²) in [6, 6.07) is 12.2. The Labute approximate surface area is 177 Å². The summed E-state index contributed by atoms with van der Waals surface area (Å²) in [5.74, 6) is 0.169. The van der Waals surface area contributed by atoms with E-state index in [1.807, 2.05) is 12.1 Å². The van der Waals surface area contributed by atoms with Crippen LogP contribution in [0.5, 0.6) is 0 Å². The zero-order valence-corrected chi connectivity index (χ0v) is 17.0. The number of carbonyl (C=O) groups excluding carboxylic acids is 1. The van der Waals surface area contributed by atoms with E-state index in [9.17, 15) is 18.0 Å². The maximum atomic E-state index is 12.7. The van der Waals surface area contributed by atoms with Gasteiger partial charge in [-0.1, -0.05) is 59.0 Å². The highest BCUT2D eigenvalue weighted by molar-refractivity contribution is 8.00. The van der Waals surface area contributed by atoms with Crippen LogP contribution in [-0.4, -0.2) is 16.1 Å². The summed E-state index contributed by atoms with van der Waals surface area (Å²) >= 11 is 8.53. The minimum Gasteiger partial charge on any atom is -0.297 e. The number of benzene rings is 2. The average Bonchev–Trinajstić information content (AvgIpc) is 3.13. The number of amides is 1. The van der Waals surface area contributed by atoms with Crippen molar-refractivity contribution in [1.29, 1.82) is 0 Å². The lowest BCUT2D eigenvalue weighted by atomic mass is 10.1. The summed E-state index contributed by atoms with van der Waals surface area (Å²) in [4.78, 5) is 12.0. The molecule has 0 saturated heterocycles. The summed E-state index contributed by atoms with van der Waals surface area (Å²) in [5, 5.41) is 11.4. The number of rotatable bonds is 6. The lowest BCUT2D eigenvalue weighted by Gasteiger charge is -2.06. The standard InChI is InChI=1S/C19H13ClF3N3OS2/c20-15-7-4-13(5-8-15)11-28-18-26-25-17(29-18)24-16(27)9-6-12-2-1-3-14(10-12)19(21,22)23/h1-10H,11H2,(H,24,25,27)/b9-6+. The fraction of sp³-hybridized carbons (Fsp3) is 0.105. The molecule has 1 amide bonds. The second-order valence-electron chi connectivity index (χ2n) is 5.73. The quantitative estimate of drug-likeness (QED) is 0.275. The Kier molecular flexibility index (Phi) is 6.94. The lowest BCUT2D eigenvalue weighted by molar-refractivity contribution is -0.137. The Morgan fingerprint density at radius 1 is 1.17 bits per heavy atom. The van der Waals surface area contributed by atoms with Crippen molar-refractivity contribution in [2.75, 3.05) is 5.32 Å². The first-order valence-electron chi connectivity index (χ1n) is 8.17. The van der Waals surface area contributed by atoms with Crippen LogP contribution >= 0.6 is 34.7 Å². The molecule has 0 saturated carbocycles. The van der Waals surface area contributed by atoms with E-state index in [2.05, 4.69) is 15.5 Å². The summed E-state index contributed by atoms with van der Waals surface area (Å²) in [5.41, 5.74) is 0.571. The van der Waals surface area contributed by atoms with E-state index in [1.54, 1.807) is 12.1 Å². The molecule has 2 aromatic carbocycles. The van der Waals surface area contributed by atoms with Gasteiger partial charge in [-0.05, 0) is 41.5 Å². The number of aromatic nitrogens is 2. The van der Waals surface area contributed by atoms with Crippen LogP contribution in [0.1, 0.15) is 16.7 Å². The molecule has 0 radical (unpaired) electrons. The first kappa shape index (κ1) is 21.4. The van der Waals surface area contributed by atoms with Crippen molar-refractivity contribution < 1.29 is 18.0 Å². The zero-order chi connectivity index (χ0) is 20.9. The molecule has 1 aromatic heterocycles. The van der Waals surface area contributed by atoms with Gasteiger partial charge in [-0.25, -0.2) is 0 Å². The van der Waals surface area contributed by atoms with E-state index in [4.69, 9.17) is 11.6 Å². The normalized spacial score (nSPS) is 11.7. The van der Waals surface area contributed by atoms with Gasteiger partial charge in [-0.3, -0.25) is 10.1 Å². The van der Waals surface area contributed by atoms with Crippen molar-refractivity contribution in [3.05, 3.63) is 76.3 Å². The molecule has 0 aliphatic heterocycles. The molecule has 4 nitrogen and oxygen atoms in total. The fourth-order valence-corrected chi connectivity index (χ4v) is 4.02. The van der Waals surface area contributed by atoms with Gasteiger partial charge in [0.2, 0.25) is 11.0 Å². The molecule has 0 spiro atoms. The number of hydrogen-bond acceptors (Lipinski definition) is 5. The highest BCUT2D eigenvalue weighted by Crippen LogP contribution is 2.30. The van der Waals surface area contributed by atoms with Gasteiger partial charge in [0.05, 0.1) is 5.56 Å². The third-order valence-corrected chi connectivity index (χ3v) is 5.85. The Balaban J connectivity index is 1.54. The number of hydrogen-bond donors (Lipinski definition) is 1. The van der Waals surface area contributed by atoms with Gasteiger partial charge in [0.15, 0.2) is 4.34 Å². The Morgan fingerprint density at radius 2 is 1.93 bits per heavy atom. The van der Waals surface area contributed by atoms with E-state index in [0.29, 0.717) is 20.2 Å².